The number of benzene rings is 1. The summed E-state index contributed by atoms with van der Waals surface area (Å²) in [7, 11) is -2.93. The summed E-state index contributed by atoms with van der Waals surface area (Å²) in [6.45, 7) is 1.03. The third kappa shape index (κ3) is 4.18. The van der Waals surface area contributed by atoms with E-state index in [1.165, 1.54) is 12.8 Å². The zero-order chi connectivity index (χ0) is 26.1. The van der Waals surface area contributed by atoms with Crippen LogP contribution >= 0.6 is 0 Å². The molecule has 1 aromatic carbocycles. The van der Waals surface area contributed by atoms with Gasteiger partial charge >= 0.3 is 0 Å². The lowest BCUT2D eigenvalue weighted by Gasteiger charge is -2.56. The quantitative estimate of drug-likeness (QED) is 0.479. The van der Waals surface area contributed by atoms with Crippen LogP contribution in [0.3, 0.4) is 0 Å². The van der Waals surface area contributed by atoms with E-state index in [0.717, 1.165) is 67.1 Å². The lowest BCUT2D eigenvalue weighted by atomic mass is 9.48. The monoisotopic (exact) mass is 533 g/mol. The number of Topliss-reactive ketones (excluding diaryl/α,β-unsaturated/α-hetero) is 1. The second kappa shape index (κ2) is 8.94. The summed E-state index contributed by atoms with van der Waals surface area (Å²) in [6, 6.07) is 10.6. The first-order chi connectivity index (χ1) is 18.3. The molecular formula is C30H35N3O4S. The van der Waals surface area contributed by atoms with Crippen LogP contribution in [-0.2, 0) is 14.6 Å². The van der Waals surface area contributed by atoms with E-state index < -0.39 is 15.3 Å². The van der Waals surface area contributed by atoms with Gasteiger partial charge in [0.15, 0.2) is 15.7 Å². The third-order valence-electron chi connectivity index (χ3n) is 10.2. The summed E-state index contributed by atoms with van der Waals surface area (Å²) in [6.07, 6.45) is 8.47. The summed E-state index contributed by atoms with van der Waals surface area (Å²) >= 11 is 0. The number of aromatic nitrogens is 1. The molecule has 1 saturated heterocycles. The fraction of sp³-hybridized carbons (Fsp3) is 0.633. The zero-order valence-electron chi connectivity index (χ0n) is 21.8. The van der Waals surface area contributed by atoms with Gasteiger partial charge in [0.2, 0.25) is 0 Å². The van der Waals surface area contributed by atoms with Gasteiger partial charge in [-0.25, -0.2) is 13.4 Å². The van der Waals surface area contributed by atoms with Crippen LogP contribution in [0.15, 0.2) is 28.7 Å². The van der Waals surface area contributed by atoms with Crippen LogP contribution in [0, 0.1) is 34.5 Å². The molecule has 2 atom stereocenters. The van der Waals surface area contributed by atoms with Crippen LogP contribution in [0.25, 0.3) is 11.3 Å². The van der Waals surface area contributed by atoms with Crippen molar-refractivity contribution in [1.29, 1.82) is 5.26 Å². The molecule has 2 aromatic rings. The minimum absolute atomic E-state index is 0.00498. The van der Waals surface area contributed by atoms with E-state index in [9.17, 15) is 18.5 Å². The fourth-order valence-electron chi connectivity index (χ4n) is 7.22. The second-order valence-corrected chi connectivity index (χ2v) is 14.8. The number of hydrogen-bond acceptors (Lipinski definition) is 7. The van der Waals surface area contributed by atoms with Crippen LogP contribution in [-0.4, -0.2) is 43.8 Å². The van der Waals surface area contributed by atoms with Gasteiger partial charge in [-0.2, -0.15) is 5.26 Å². The van der Waals surface area contributed by atoms with Gasteiger partial charge in [-0.3, -0.25) is 4.79 Å². The third-order valence-corrected chi connectivity index (χ3v) is 11.8. The molecule has 200 valence electrons. The molecule has 5 saturated carbocycles. The van der Waals surface area contributed by atoms with Crippen LogP contribution in [0.5, 0.6) is 0 Å². The molecule has 0 radical (unpaired) electrons. The Morgan fingerprint density at radius 2 is 1.76 bits per heavy atom. The van der Waals surface area contributed by atoms with Crippen molar-refractivity contribution in [3.63, 3.8) is 0 Å². The number of hydrogen-bond donors (Lipinski definition) is 0. The van der Waals surface area contributed by atoms with Crippen molar-refractivity contribution >= 4 is 21.3 Å². The Bertz CT molecular complexity index is 1370. The highest BCUT2D eigenvalue weighted by molar-refractivity contribution is 7.91. The van der Waals surface area contributed by atoms with E-state index in [-0.39, 0.29) is 29.1 Å². The van der Waals surface area contributed by atoms with E-state index in [1.807, 2.05) is 0 Å². The number of nitriles is 1. The Hall–Kier alpha value is -2.66. The molecule has 5 aliphatic carbocycles. The highest BCUT2D eigenvalue weighted by Gasteiger charge is 2.56. The maximum atomic E-state index is 13.5. The highest BCUT2D eigenvalue weighted by Crippen LogP contribution is 2.64. The summed E-state index contributed by atoms with van der Waals surface area (Å²) in [5, 5.41) is 9.58. The fourth-order valence-corrected chi connectivity index (χ4v) is 8.42. The molecule has 2 heterocycles. The van der Waals surface area contributed by atoms with Gasteiger partial charge in [0.1, 0.15) is 17.2 Å². The lowest BCUT2D eigenvalue weighted by molar-refractivity contribution is -0.125. The van der Waals surface area contributed by atoms with Crippen LogP contribution in [0.1, 0.15) is 81.3 Å². The van der Waals surface area contributed by atoms with Crippen molar-refractivity contribution in [3.8, 4) is 17.3 Å². The summed E-state index contributed by atoms with van der Waals surface area (Å²) in [5.74, 6) is 4.01. The number of carbonyl (C=O) groups excluding carboxylic acids is 1. The Labute approximate surface area is 224 Å². The predicted molar refractivity (Wildman–Crippen MR) is 143 cm³/mol. The maximum Gasteiger partial charge on any atom is 0.198 e. The van der Waals surface area contributed by atoms with Crippen molar-refractivity contribution in [2.75, 3.05) is 29.5 Å². The first-order valence-electron chi connectivity index (χ1n) is 14.4. The molecule has 7 nitrogen and oxygen atoms in total. The van der Waals surface area contributed by atoms with Crippen molar-refractivity contribution in [2.45, 2.75) is 69.6 Å². The SMILES string of the molecule is N#CC1(CC(=O)[C@@H]2CCCC[C@H]2c2oc(C3C4CC3C4)nc2-c2ccc(N3CCS(=O)(=O)CC3)cc2)CC1. The Balaban J connectivity index is 1.19. The average molecular weight is 534 g/mol. The molecule has 0 unspecified atom stereocenters. The van der Waals surface area contributed by atoms with Gasteiger partial charge in [0.05, 0.1) is 23.0 Å². The molecule has 1 aliphatic heterocycles. The molecular weight excluding hydrogens is 498 g/mol. The van der Waals surface area contributed by atoms with Gasteiger partial charge in [-0.15, -0.1) is 0 Å². The molecule has 0 N–H and O–H groups in total. The van der Waals surface area contributed by atoms with E-state index in [4.69, 9.17) is 9.40 Å². The minimum atomic E-state index is -2.93. The molecule has 8 heteroatoms. The first-order valence-corrected chi connectivity index (χ1v) is 16.2. The largest absolute Gasteiger partial charge is 0.444 e. The number of oxazole rings is 1. The Kier molecular flexibility index (Phi) is 5.74. The molecule has 1 aromatic heterocycles. The lowest BCUT2D eigenvalue weighted by Crippen LogP contribution is -2.48. The highest BCUT2D eigenvalue weighted by atomic mass is 32.2. The zero-order valence-corrected chi connectivity index (χ0v) is 22.6. The Morgan fingerprint density at radius 1 is 1.08 bits per heavy atom. The molecule has 0 spiro atoms. The smallest absolute Gasteiger partial charge is 0.198 e. The van der Waals surface area contributed by atoms with Gasteiger partial charge < -0.3 is 9.32 Å². The number of anilines is 1. The van der Waals surface area contributed by atoms with E-state index in [0.29, 0.717) is 37.3 Å². The topological polar surface area (TPSA) is 104 Å². The number of rotatable bonds is 7. The predicted octanol–water partition coefficient (Wildman–Crippen LogP) is 5.24. The van der Waals surface area contributed by atoms with E-state index in [2.05, 4.69) is 35.2 Å². The average Bonchev–Trinajstić information content (AvgIpc) is 3.52. The van der Waals surface area contributed by atoms with Crippen molar-refractivity contribution in [3.05, 3.63) is 35.9 Å². The number of sulfone groups is 1. The van der Waals surface area contributed by atoms with Crippen LogP contribution in [0.2, 0.25) is 0 Å². The first kappa shape index (κ1) is 24.4. The standard InChI is InChI=1S/C30H35N3O4S/c31-18-30(9-10-30)17-25(34)23-3-1-2-4-24(23)28-27(32-29(37-28)26-20-15-21(26)16-20)19-5-7-22(8-6-19)33-11-13-38(35,36)14-12-33/h5-8,20-21,23-24,26H,1-4,9-17H2/t20?,21?,23-,24-,26?/m1/s1. The maximum absolute atomic E-state index is 13.5. The molecule has 38 heavy (non-hydrogen) atoms. The molecule has 6 aliphatic rings. The van der Waals surface area contributed by atoms with Gasteiger partial charge in [-0.05, 0) is 62.5 Å². The minimum Gasteiger partial charge on any atom is -0.444 e. The van der Waals surface area contributed by atoms with E-state index >= 15 is 0 Å². The van der Waals surface area contributed by atoms with Crippen molar-refractivity contribution < 1.29 is 17.6 Å². The number of nitrogens with zero attached hydrogens (tertiary/aromatic N) is 3. The molecule has 6 fully saturated rings. The summed E-state index contributed by atoms with van der Waals surface area (Å²) in [4.78, 5) is 20.7. The summed E-state index contributed by atoms with van der Waals surface area (Å²) < 4.78 is 30.3. The van der Waals surface area contributed by atoms with E-state index in [1.54, 1.807) is 0 Å². The van der Waals surface area contributed by atoms with Crippen molar-refractivity contribution in [1.82, 2.24) is 4.98 Å². The molecule has 0 amide bonds. The van der Waals surface area contributed by atoms with Gasteiger partial charge in [0, 0.05) is 48.5 Å². The second-order valence-electron chi connectivity index (χ2n) is 12.5. The molecule has 8 rings (SSSR count). The van der Waals surface area contributed by atoms with Gasteiger partial charge in [-0.1, -0.05) is 25.0 Å². The van der Waals surface area contributed by atoms with Gasteiger partial charge in [0.25, 0.3) is 0 Å². The number of carbonyl (C=O) groups is 1. The van der Waals surface area contributed by atoms with Crippen molar-refractivity contribution in [2.24, 2.45) is 23.2 Å². The summed E-state index contributed by atoms with van der Waals surface area (Å²) in [5.41, 5.74) is 2.45. The normalized spacial score (nSPS) is 32.5. The molecule has 2 bridgehead atoms. The Morgan fingerprint density at radius 3 is 2.37 bits per heavy atom. The van der Waals surface area contributed by atoms with Crippen LogP contribution in [0.4, 0.5) is 5.69 Å². The number of ketones is 1. The van der Waals surface area contributed by atoms with Crippen LogP contribution < -0.4 is 4.90 Å².